The third kappa shape index (κ3) is 2.93. The molecule has 0 aliphatic rings. The van der Waals surface area contributed by atoms with Gasteiger partial charge in [0.05, 0.1) is 11.2 Å². The van der Waals surface area contributed by atoms with E-state index in [9.17, 15) is 0 Å². The maximum absolute atomic E-state index is 6.21. The molecule has 0 amide bonds. The zero-order chi connectivity index (χ0) is 17.9. The summed E-state index contributed by atoms with van der Waals surface area (Å²) in [6.07, 6.45) is 4.10. The van der Waals surface area contributed by atoms with E-state index in [1.807, 2.05) is 49.5 Å². The van der Waals surface area contributed by atoms with Gasteiger partial charge >= 0.3 is 0 Å². The van der Waals surface area contributed by atoms with Crippen LogP contribution in [0.1, 0.15) is 11.3 Å². The van der Waals surface area contributed by atoms with Crippen molar-refractivity contribution in [3.63, 3.8) is 0 Å². The minimum absolute atomic E-state index is 0.750. The lowest BCUT2D eigenvalue weighted by Gasteiger charge is -2.12. The molecule has 3 aromatic carbocycles. The number of aromatic amines is 1. The molecule has 0 saturated carbocycles. The van der Waals surface area contributed by atoms with Crippen molar-refractivity contribution in [3.05, 3.63) is 78.0 Å². The normalized spacial score (nSPS) is 11.3. The second-order valence-electron chi connectivity index (χ2n) is 6.13. The fourth-order valence-electron chi connectivity index (χ4n) is 3.16. The van der Waals surface area contributed by atoms with Gasteiger partial charge in [-0.15, -0.1) is 0 Å². The van der Waals surface area contributed by atoms with Gasteiger partial charge in [0.25, 0.3) is 0 Å². The monoisotopic (exact) mass is 340 g/mol. The Morgan fingerprint density at radius 2 is 1.81 bits per heavy atom. The zero-order valence-electron chi connectivity index (χ0n) is 14.5. The average molecular weight is 340 g/mol. The summed E-state index contributed by atoms with van der Waals surface area (Å²) in [4.78, 5) is 0. The van der Waals surface area contributed by atoms with Gasteiger partial charge in [-0.05, 0) is 41.5 Å². The lowest BCUT2D eigenvalue weighted by molar-refractivity contribution is 1.11. The summed E-state index contributed by atoms with van der Waals surface area (Å²) in [7, 11) is 1.90. The predicted octanol–water partition coefficient (Wildman–Crippen LogP) is 5.02. The molecule has 4 nitrogen and oxygen atoms in total. The second kappa shape index (κ2) is 6.76. The number of fused-ring (bicyclic) bond motifs is 1. The van der Waals surface area contributed by atoms with Gasteiger partial charge in [0.1, 0.15) is 0 Å². The van der Waals surface area contributed by atoms with Crippen molar-refractivity contribution in [2.24, 2.45) is 0 Å². The van der Waals surface area contributed by atoms with Crippen molar-refractivity contribution < 1.29 is 0 Å². The van der Waals surface area contributed by atoms with Gasteiger partial charge in [0.15, 0.2) is 0 Å². The van der Waals surface area contributed by atoms with E-state index in [1.54, 1.807) is 0 Å². The van der Waals surface area contributed by atoms with Gasteiger partial charge < -0.3 is 11.1 Å². The Labute approximate surface area is 152 Å². The Hall–Kier alpha value is -3.53. The summed E-state index contributed by atoms with van der Waals surface area (Å²) < 4.78 is 0. The highest BCUT2D eigenvalue weighted by atomic mass is 15.1. The number of nitrogens with zero attached hydrogens (tertiary/aromatic N) is 1. The smallest absolute Gasteiger partial charge is 0.0927 e. The molecular formula is C22H20N4. The predicted molar refractivity (Wildman–Crippen MR) is 111 cm³/mol. The fourth-order valence-corrected chi connectivity index (χ4v) is 3.16. The third-order valence-electron chi connectivity index (χ3n) is 4.48. The number of aromatic nitrogens is 2. The van der Waals surface area contributed by atoms with Gasteiger partial charge in [-0.2, -0.15) is 5.10 Å². The Morgan fingerprint density at radius 1 is 0.962 bits per heavy atom. The SMILES string of the molecule is CNc1cccc(N)c1-c1ccc2c(C=Cc3ccccc3)n[nH]c2c1. The summed E-state index contributed by atoms with van der Waals surface area (Å²) in [6, 6.07) is 22.4. The highest BCUT2D eigenvalue weighted by Gasteiger charge is 2.10. The van der Waals surface area contributed by atoms with E-state index in [0.717, 1.165) is 44.7 Å². The summed E-state index contributed by atoms with van der Waals surface area (Å²) >= 11 is 0. The van der Waals surface area contributed by atoms with Crippen molar-refractivity contribution in [3.8, 4) is 11.1 Å². The third-order valence-corrected chi connectivity index (χ3v) is 4.48. The number of rotatable bonds is 4. The molecule has 0 aliphatic carbocycles. The van der Waals surface area contributed by atoms with Crippen LogP contribution in [0.4, 0.5) is 11.4 Å². The van der Waals surface area contributed by atoms with Gasteiger partial charge in [-0.3, -0.25) is 5.10 Å². The van der Waals surface area contributed by atoms with E-state index >= 15 is 0 Å². The van der Waals surface area contributed by atoms with Gasteiger partial charge in [-0.25, -0.2) is 0 Å². The summed E-state index contributed by atoms with van der Waals surface area (Å²) in [6.45, 7) is 0. The molecule has 0 aliphatic heterocycles. The van der Waals surface area contributed by atoms with Crippen molar-refractivity contribution >= 4 is 34.4 Å². The molecule has 128 valence electrons. The first-order valence-corrected chi connectivity index (χ1v) is 8.54. The maximum Gasteiger partial charge on any atom is 0.0927 e. The first-order valence-electron chi connectivity index (χ1n) is 8.54. The molecule has 4 rings (SSSR count). The van der Waals surface area contributed by atoms with Crippen LogP contribution in [0.25, 0.3) is 34.2 Å². The van der Waals surface area contributed by atoms with E-state index in [0.29, 0.717) is 0 Å². The van der Waals surface area contributed by atoms with Crippen LogP contribution >= 0.6 is 0 Å². The number of nitrogen functional groups attached to an aromatic ring is 1. The number of nitrogens with two attached hydrogens (primary N) is 1. The molecule has 0 spiro atoms. The van der Waals surface area contributed by atoms with E-state index in [4.69, 9.17) is 5.73 Å². The van der Waals surface area contributed by atoms with Crippen LogP contribution in [0.5, 0.6) is 0 Å². The van der Waals surface area contributed by atoms with Crippen LogP contribution in [0.15, 0.2) is 66.7 Å². The molecular weight excluding hydrogens is 320 g/mol. The van der Waals surface area contributed by atoms with E-state index < -0.39 is 0 Å². The Bertz CT molecular complexity index is 1080. The first kappa shape index (κ1) is 16.0. The molecule has 0 fully saturated rings. The Kier molecular flexibility index (Phi) is 4.15. The minimum Gasteiger partial charge on any atom is -0.398 e. The van der Waals surface area contributed by atoms with Crippen LogP contribution in [0.2, 0.25) is 0 Å². The summed E-state index contributed by atoms with van der Waals surface area (Å²) in [5.41, 5.74) is 13.1. The van der Waals surface area contributed by atoms with Crippen molar-refractivity contribution in [2.75, 3.05) is 18.1 Å². The second-order valence-corrected chi connectivity index (χ2v) is 6.13. The van der Waals surface area contributed by atoms with Crippen LogP contribution < -0.4 is 11.1 Å². The van der Waals surface area contributed by atoms with Crippen LogP contribution in [-0.4, -0.2) is 17.2 Å². The Morgan fingerprint density at radius 3 is 2.62 bits per heavy atom. The molecule has 0 atom stereocenters. The number of nitrogens with one attached hydrogen (secondary N) is 2. The number of anilines is 2. The molecule has 0 bridgehead atoms. The van der Waals surface area contributed by atoms with Gasteiger partial charge in [-0.1, -0.05) is 48.5 Å². The number of hydrogen-bond acceptors (Lipinski definition) is 3. The molecule has 1 heterocycles. The maximum atomic E-state index is 6.21. The summed E-state index contributed by atoms with van der Waals surface area (Å²) in [5, 5.41) is 11.9. The first-order chi connectivity index (χ1) is 12.8. The topological polar surface area (TPSA) is 66.7 Å². The van der Waals surface area contributed by atoms with Crippen molar-refractivity contribution in [1.29, 1.82) is 0 Å². The van der Waals surface area contributed by atoms with Crippen molar-refractivity contribution in [2.45, 2.75) is 0 Å². The molecule has 4 heteroatoms. The van der Waals surface area contributed by atoms with Crippen molar-refractivity contribution in [1.82, 2.24) is 10.2 Å². The summed E-state index contributed by atoms with van der Waals surface area (Å²) in [5.74, 6) is 0. The minimum atomic E-state index is 0.750. The standard InChI is InChI=1S/C22H20N4/c1-24-20-9-5-8-18(23)22(20)16-11-12-17-19(25-26-21(17)14-16)13-10-15-6-3-2-4-7-15/h2-14,24H,23H2,1H3,(H,25,26). The molecule has 0 radical (unpaired) electrons. The molecule has 4 aromatic rings. The Balaban J connectivity index is 1.74. The van der Waals surface area contributed by atoms with E-state index in [1.165, 1.54) is 0 Å². The zero-order valence-corrected chi connectivity index (χ0v) is 14.5. The number of benzene rings is 3. The van der Waals surface area contributed by atoms with Crippen LogP contribution in [-0.2, 0) is 0 Å². The lowest BCUT2D eigenvalue weighted by atomic mass is 10.00. The highest BCUT2D eigenvalue weighted by molar-refractivity contribution is 5.95. The fraction of sp³-hybridized carbons (Fsp3) is 0.0455. The van der Waals surface area contributed by atoms with Gasteiger partial charge in [0.2, 0.25) is 0 Å². The highest BCUT2D eigenvalue weighted by Crippen LogP contribution is 2.35. The number of H-pyrrole nitrogens is 1. The molecule has 4 N–H and O–H groups in total. The lowest BCUT2D eigenvalue weighted by Crippen LogP contribution is -1.96. The molecule has 0 unspecified atom stereocenters. The quantitative estimate of drug-likeness (QED) is 0.457. The molecule has 26 heavy (non-hydrogen) atoms. The van der Waals surface area contributed by atoms with Crippen LogP contribution in [0, 0.1) is 0 Å². The van der Waals surface area contributed by atoms with E-state index in [2.05, 4.69) is 51.9 Å². The van der Waals surface area contributed by atoms with Crippen LogP contribution in [0.3, 0.4) is 0 Å². The van der Waals surface area contributed by atoms with E-state index in [-0.39, 0.29) is 0 Å². The average Bonchev–Trinajstić information content (AvgIpc) is 3.09. The number of hydrogen-bond donors (Lipinski definition) is 3. The molecule has 1 aromatic heterocycles. The van der Waals surface area contributed by atoms with Gasteiger partial charge in [0, 0.05) is 29.4 Å². The largest absolute Gasteiger partial charge is 0.398 e. The molecule has 0 saturated heterocycles.